The molecule has 0 atom stereocenters. The SMILES string of the molecule is CC1(C)c2cc(Br)ccc2-c2cc3c(Br)c4ccccc4c(Br)c3cc21.CC1(C)c2cc(N(c3ccccc3)c3ccccc3)ccc2-c2cc3c(N(c4ccccc4)c4ccccc4)c4ccccc4c(N(c4ccccc4)c4ccccc4)c3cc21.c1ccc(Nc2ccccc2)cc1. The summed E-state index contributed by atoms with van der Waals surface area (Å²) in [6, 6.07) is 126. The second kappa shape index (κ2) is 27.4. The van der Waals surface area contributed by atoms with Gasteiger partial charge in [0, 0.05) is 97.0 Å². The van der Waals surface area contributed by atoms with E-state index in [0.717, 1.165) is 71.5 Å². The number of fused-ring (bicyclic) bond motifs is 10. The second-order valence-electron chi connectivity index (χ2n) is 26.8. The average Bonchev–Trinajstić information content (AvgIpc) is 1.65. The average molecular weight is 1500 g/mol. The Labute approximate surface area is 616 Å². The molecule has 0 fully saturated rings. The van der Waals surface area contributed by atoms with E-state index in [1.165, 1.54) is 92.1 Å². The Balaban J connectivity index is 0.000000164. The predicted octanol–water partition coefficient (Wildman–Crippen LogP) is 28.7. The smallest absolute Gasteiger partial charge is 0.0620 e. The largest absolute Gasteiger partial charge is 0.356 e. The van der Waals surface area contributed by atoms with E-state index >= 15 is 0 Å². The van der Waals surface area contributed by atoms with Gasteiger partial charge in [-0.05, 0) is 244 Å². The highest BCUT2D eigenvalue weighted by Crippen LogP contribution is 2.58. The highest BCUT2D eigenvalue weighted by Gasteiger charge is 2.39. The normalized spacial score (nSPS) is 12.7. The van der Waals surface area contributed by atoms with Crippen molar-refractivity contribution in [3.05, 3.63) is 388 Å². The fourth-order valence-electron chi connectivity index (χ4n) is 15.2. The standard InChI is InChI=1S/C59H45N3.C23H15Br3.C12H11N/c1-59(2)55-39-48(60(42-23-9-3-10-24-42)43-25-11-4-12-26-43)37-38-49(55)52-40-53-54(41-56(52)59)58(62(46-31-17-7-18-32-46)47-33-19-8-20-34-47)51-36-22-21-35-50(51)57(53)61(44-27-13-5-14-28-44)45-29-15-6-16-30-45;1-23(2)19-9-12(24)7-8-13(19)16-10-17-18(11-20(16)23)22(26)15-6-4-3-5-14(15)21(17)25;1-3-7-11(8-4-1)13-12-9-5-2-6-10-12/h3-41H,1-2H3;3-11H,1-2H3;1-10,13H. The zero-order valence-corrected chi connectivity index (χ0v) is 61.2. The van der Waals surface area contributed by atoms with Crippen LogP contribution in [0.3, 0.4) is 0 Å². The number of hydrogen-bond acceptors (Lipinski definition) is 4. The fraction of sp³-hybridized carbons (Fsp3) is 0.0638. The summed E-state index contributed by atoms with van der Waals surface area (Å²) in [6.45, 7) is 9.44. The Hall–Kier alpha value is -10.8. The van der Waals surface area contributed by atoms with Crippen LogP contribution in [0.2, 0.25) is 0 Å². The molecule has 0 saturated carbocycles. The van der Waals surface area contributed by atoms with Crippen molar-refractivity contribution in [3.63, 3.8) is 0 Å². The molecule has 16 aromatic carbocycles. The number of para-hydroxylation sites is 8. The minimum Gasteiger partial charge on any atom is -0.356 e. The van der Waals surface area contributed by atoms with E-state index < -0.39 is 0 Å². The van der Waals surface area contributed by atoms with E-state index in [9.17, 15) is 0 Å². The minimum atomic E-state index is -0.306. The van der Waals surface area contributed by atoms with Crippen molar-refractivity contribution in [2.24, 2.45) is 0 Å². The van der Waals surface area contributed by atoms with Gasteiger partial charge >= 0.3 is 0 Å². The molecular weight excluding hydrogens is 1420 g/mol. The summed E-state index contributed by atoms with van der Waals surface area (Å²) in [5.74, 6) is 0. The highest BCUT2D eigenvalue weighted by atomic mass is 79.9. The molecule has 101 heavy (non-hydrogen) atoms. The molecule has 0 unspecified atom stereocenters. The molecule has 2 aliphatic rings. The van der Waals surface area contributed by atoms with Gasteiger partial charge in [-0.25, -0.2) is 0 Å². The van der Waals surface area contributed by atoms with Gasteiger partial charge in [-0.1, -0.05) is 250 Å². The van der Waals surface area contributed by atoms with Crippen LogP contribution in [-0.4, -0.2) is 0 Å². The lowest BCUT2D eigenvalue weighted by atomic mass is 9.81. The van der Waals surface area contributed by atoms with Crippen molar-refractivity contribution in [3.8, 4) is 22.3 Å². The zero-order valence-electron chi connectivity index (χ0n) is 56.5. The molecule has 0 amide bonds. The van der Waals surface area contributed by atoms with Crippen molar-refractivity contribution in [2.75, 3.05) is 20.0 Å². The topological polar surface area (TPSA) is 21.8 Å². The third-order valence-electron chi connectivity index (χ3n) is 20.0. The maximum Gasteiger partial charge on any atom is 0.0620 e. The summed E-state index contributed by atoms with van der Waals surface area (Å²) < 4.78 is 3.47. The zero-order chi connectivity index (χ0) is 68.8. The van der Waals surface area contributed by atoms with Gasteiger partial charge in [-0.2, -0.15) is 0 Å². The van der Waals surface area contributed by atoms with E-state index in [-0.39, 0.29) is 10.8 Å². The molecule has 0 bridgehead atoms. The van der Waals surface area contributed by atoms with Gasteiger partial charge < -0.3 is 20.0 Å². The first-order valence-electron chi connectivity index (χ1n) is 34.3. The number of rotatable bonds is 11. The first-order valence-corrected chi connectivity index (χ1v) is 36.7. The fourth-order valence-corrected chi connectivity index (χ4v) is 16.9. The second-order valence-corrected chi connectivity index (χ2v) is 29.4. The molecule has 2 aliphatic carbocycles. The molecule has 0 radical (unpaired) electrons. The Morgan fingerprint density at radius 3 is 0.911 bits per heavy atom. The third kappa shape index (κ3) is 12.1. The summed E-state index contributed by atoms with van der Waals surface area (Å²) in [4.78, 5) is 7.28. The summed E-state index contributed by atoms with van der Waals surface area (Å²) >= 11 is 11.4. The monoisotopic (exact) mass is 1490 g/mol. The molecule has 1 N–H and O–H groups in total. The third-order valence-corrected chi connectivity index (χ3v) is 22.2. The predicted molar refractivity (Wildman–Crippen MR) is 441 cm³/mol. The first kappa shape index (κ1) is 64.8. The van der Waals surface area contributed by atoms with Gasteiger partial charge in [0.2, 0.25) is 0 Å². The molecule has 0 aromatic heterocycles. The molecule has 4 nitrogen and oxygen atoms in total. The van der Waals surface area contributed by atoms with Crippen molar-refractivity contribution < 1.29 is 0 Å². The van der Waals surface area contributed by atoms with Crippen molar-refractivity contribution in [1.82, 2.24) is 0 Å². The molecule has 16 aromatic rings. The summed E-state index contributed by atoms with van der Waals surface area (Å²) in [6.07, 6.45) is 0. The van der Waals surface area contributed by atoms with Gasteiger partial charge in [-0.15, -0.1) is 0 Å². The highest BCUT2D eigenvalue weighted by molar-refractivity contribution is 9.11. The quantitative estimate of drug-likeness (QED) is 0.103. The van der Waals surface area contributed by atoms with Crippen LogP contribution in [0.5, 0.6) is 0 Å². The molecule has 0 heterocycles. The Morgan fingerprint density at radius 1 is 0.228 bits per heavy atom. The van der Waals surface area contributed by atoms with Crippen LogP contribution in [0.1, 0.15) is 49.9 Å². The molecule has 0 aliphatic heterocycles. The lowest BCUT2D eigenvalue weighted by Crippen LogP contribution is -2.17. The van der Waals surface area contributed by atoms with E-state index in [1.54, 1.807) is 0 Å². The van der Waals surface area contributed by atoms with Gasteiger partial charge in [0.15, 0.2) is 0 Å². The maximum atomic E-state index is 3.88. The number of benzene rings is 16. The molecular formula is C94H71Br3N4. The molecule has 488 valence electrons. The lowest BCUT2D eigenvalue weighted by Gasteiger charge is -2.33. The Morgan fingerprint density at radius 2 is 0.515 bits per heavy atom. The van der Waals surface area contributed by atoms with Crippen molar-refractivity contribution >= 4 is 153 Å². The van der Waals surface area contributed by atoms with Crippen LogP contribution < -0.4 is 20.0 Å². The molecule has 7 heteroatoms. The Kier molecular flexibility index (Phi) is 17.6. The summed E-state index contributed by atoms with van der Waals surface area (Å²) in [5.41, 5.74) is 22.7. The van der Waals surface area contributed by atoms with Crippen LogP contribution >= 0.6 is 47.8 Å². The number of nitrogens with zero attached hydrogens (tertiary/aromatic N) is 3. The number of nitrogens with one attached hydrogen (secondary N) is 1. The first-order chi connectivity index (χ1) is 49.4. The lowest BCUT2D eigenvalue weighted by molar-refractivity contribution is 0.660. The van der Waals surface area contributed by atoms with E-state index in [2.05, 4.69) is 387 Å². The van der Waals surface area contributed by atoms with E-state index in [4.69, 9.17) is 0 Å². The molecule has 18 rings (SSSR count). The van der Waals surface area contributed by atoms with Gasteiger partial charge in [0.25, 0.3) is 0 Å². The van der Waals surface area contributed by atoms with Crippen LogP contribution in [0.4, 0.5) is 62.6 Å². The number of anilines is 11. The van der Waals surface area contributed by atoms with Gasteiger partial charge in [0.1, 0.15) is 0 Å². The maximum absolute atomic E-state index is 3.88. The van der Waals surface area contributed by atoms with Crippen molar-refractivity contribution in [1.29, 1.82) is 0 Å². The summed E-state index contributed by atoms with van der Waals surface area (Å²) in [7, 11) is 0. The van der Waals surface area contributed by atoms with Gasteiger partial charge in [0.05, 0.1) is 11.4 Å². The van der Waals surface area contributed by atoms with Gasteiger partial charge in [-0.3, -0.25) is 0 Å². The van der Waals surface area contributed by atoms with Crippen LogP contribution in [0.25, 0.3) is 65.3 Å². The van der Waals surface area contributed by atoms with E-state index in [1.807, 2.05) is 60.7 Å². The van der Waals surface area contributed by atoms with Crippen LogP contribution in [0.15, 0.2) is 365 Å². The summed E-state index contributed by atoms with van der Waals surface area (Å²) in [5, 5.41) is 13.0. The minimum absolute atomic E-state index is 0.0137. The number of hydrogen-bond donors (Lipinski definition) is 1. The van der Waals surface area contributed by atoms with Crippen LogP contribution in [-0.2, 0) is 10.8 Å². The van der Waals surface area contributed by atoms with Crippen LogP contribution in [0, 0.1) is 0 Å². The Bertz CT molecular complexity index is 5550. The van der Waals surface area contributed by atoms with E-state index in [0.29, 0.717) is 0 Å². The molecule has 0 spiro atoms. The van der Waals surface area contributed by atoms with Crippen molar-refractivity contribution in [2.45, 2.75) is 38.5 Å². The molecule has 0 saturated heterocycles. The number of halogens is 3.